The smallest absolute Gasteiger partial charge is 0.237 e. The zero-order chi connectivity index (χ0) is 18.4. The third kappa shape index (κ3) is 4.58. The Kier molecular flexibility index (Phi) is 6.17. The normalized spacial score (nSPS) is 18.2. The van der Waals surface area contributed by atoms with Gasteiger partial charge in [0.15, 0.2) is 11.6 Å². The van der Waals surface area contributed by atoms with Crippen LogP contribution in [0.2, 0.25) is 0 Å². The van der Waals surface area contributed by atoms with Gasteiger partial charge >= 0.3 is 0 Å². The molecule has 1 atom stereocenters. The topological polar surface area (TPSA) is 54.5 Å². The van der Waals surface area contributed by atoms with Gasteiger partial charge in [-0.2, -0.15) is 0 Å². The van der Waals surface area contributed by atoms with E-state index in [1.807, 2.05) is 13.1 Å². The first-order valence-corrected chi connectivity index (χ1v) is 8.99. The minimum Gasteiger partial charge on any atom is -0.436 e. The molecule has 1 aliphatic heterocycles. The van der Waals surface area contributed by atoms with Crippen molar-refractivity contribution in [3.63, 3.8) is 0 Å². The Labute approximate surface area is 153 Å². The molecule has 1 aromatic heterocycles. The van der Waals surface area contributed by atoms with Gasteiger partial charge in [-0.25, -0.2) is 9.37 Å². The Hall–Kier alpha value is -2.47. The molecule has 2 aromatic rings. The molecule has 6 heteroatoms. The van der Waals surface area contributed by atoms with Gasteiger partial charge in [-0.15, -0.1) is 0 Å². The quantitative estimate of drug-likeness (QED) is 0.890. The first kappa shape index (κ1) is 18.3. The van der Waals surface area contributed by atoms with Crippen molar-refractivity contribution in [1.29, 1.82) is 0 Å². The van der Waals surface area contributed by atoms with E-state index in [1.54, 1.807) is 30.5 Å². The summed E-state index contributed by atoms with van der Waals surface area (Å²) in [4.78, 5) is 18.9. The predicted octanol–water partition coefficient (Wildman–Crippen LogP) is 3.50. The van der Waals surface area contributed by atoms with E-state index in [2.05, 4.69) is 15.2 Å². The van der Waals surface area contributed by atoms with E-state index in [0.717, 1.165) is 32.2 Å². The van der Waals surface area contributed by atoms with Crippen LogP contribution in [0.15, 0.2) is 42.6 Å². The minimum absolute atomic E-state index is 0.00935. The summed E-state index contributed by atoms with van der Waals surface area (Å²) in [5.74, 6) is -0.0299. The summed E-state index contributed by atoms with van der Waals surface area (Å²) in [6.45, 7) is 1.23. The molecule has 1 saturated heterocycles. The molecule has 5 nitrogen and oxygen atoms in total. The van der Waals surface area contributed by atoms with Crippen molar-refractivity contribution < 1.29 is 13.9 Å². The highest BCUT2D eigenvalue weighted by Gasteiger charge is 2.24. The average molecular weight is 357 g/mol. The van der Waals surface area contributed by atoms with Crippen molar-refractivity contribution in [3.05, 3.63) is 54.0 Å². The summed E-state index contributed by atoms with van der Waals surface area (Å²) in [6.07, 6.45) is 5.81. The van der Waals surface area contributed by atoms with Gasteiger partial charge in [0.05, 0.1) is 6.04 Å². The summed E-state index contributed by atoms with van der Waals surface area (Å²) in [5.41, 5.74) is 0.709. The zero-order valence-corrected chi connectivity index (χ0v) is 15.0. The van der Waals surface area contributed by atoms with Crippen LogP contribution in [0.1, 0.15) is 31.2 Å². The highest BCUT2D eigenvalue weighted by molar-refractivity contribution is 5.81. The molecule has 1 fully saturated rings. The number of amides is 1. The van der Waals surface area contributed by atoms with E-state index in [4.69, 9.17) is 4.74 Å². The molecule has 0 unspecified atom stereocenters. The van der Waals surface area contributed by atoms with E-state index >= 15 is 0 Å². The average Bonchev–Trinajstić information content (AvgIpc) is 2.87. The first-order chi connectivity index (χ1) is 12.6. The highest BCUT2D eigenvalue weighted by atomic mass is 19.1. The number of carbonyl (C=O) groups is 1. The Morgan fingerprint density at radius 1 is 1.27 bits per heavy atom. The molecule has 0 radical (unpaired) electrons. The van der Waals surface area contributed by atoms with E-state index in [-0.39, 0.29) is 17.7 Å². The van der Waals surface area contributed by atoms with E-state index in [9.17, 15) is 9.18 Å². The lowest BCUT2D eigenvalue weighted by Gasteiger charge is -2.24. The van der Waals surface area contributed by atoms with E-state index in [1.165, 1.54) is 6.07 Å². The number of likely N-dealkylation sites (N-methyl/N-ethyl adjacent to an activating group) is 1. The Morgan fingerprint density at radius 2 is 2.12 bits per heavy atom. The van der Waals surface area contributed by atoms with Gasteiger partial charge in [-0.05, 0) is 44.6 Å². The number of hydrogen-bond donors (Lipinski definition) is 1. The first-order valence-electron chi connectivity index (χ1n) is 8.99. The summed E-state index contributed by atoms with van der Waals surface area (Å²) < 4.78 is 19.4. The van der Waals surface area contributed by atoms with Crippen LogP contribution in [-0.2, 0) is 11.3 Å². The van der Waals surface area contributed by atoms with Crippen LogP contribution in [0, 0.1) is 5.82 Å². The molecule has 138 valence electrons. The maximum Gasteiger partial charge on any atom is 0.237 e. The Morgan fingerprint density at radius 3 is 2.96 bits per heavy atom. The number of ether oxygens (including phenoxy) is 1. The number of nitrogens with one attached hydrogen (secondary N) is 1. The SMILES string of the molecule is CN1CCCCC[C@@H]1C(=O)NCc1cccnc1Oc1ccccc1F. The standard InChI is InChI=1S/C20H24FN3O2/c1-24-13-6-2-3-10-17(24)19(25)23-14-15-8-7-12-22-20(15)26-18-11-5-4-9-16(18)21/h4-5,7-9,11-12,17H,2-3,6,10,13-14H2,1H3,(H,23,25)/t17-/m1/s1. The minimum atomic E-state index is -0.451. The Balaban J connectivity index is 1.66. The van der Waals surface area contributed by atoms with Crippen molar-refractivity contribution in [3.8, 4) is 11.6 Å². The fraction of sp³-hybridized carbons (Fsp3) is 0.400. The maximum atomic E-state index is 13.8. The molecule has 0 aliphatic carbocycles. The van der Waals surface area contributed by atoms with Crippen molar-refractivity contribution in [2.24, 2.45) is 0 Å². The monoisotopic (exact) mass is 357 g/mol. The molecule has 1 aliphatic rings. The number of halogens is 1. The molecule has 1 aromatic carbocycles. The third-order valence-electron chi connectivity index (χ3n) is 4.67. The van der Waals surface area contributed by atoms with Gasteiger partial charge in [-0.3, -0.25) is 9.69 Å². The molecule has 1 N–H and O–H groups in total. The third-order valence-corrected chi connectivity index (χ3v) is 4.67. The van der Waals surface area contributed by atoms with Gasteiger partial charge in [0.1, 0.15) is 0 Å². The van der Waals surface area contributed by atoms with Gasteiger partial charge in [0.2, 0.25) is 11.8 Å². The summed E-state index contributed by atoms with van der Waals surface area (Å²) in [7, 11) is 1.99. The number of hydrogen-bond acceptors (Lipinski definition) is 4. The van der Waals surface area contributed by atoms with Crippen LogP contribution in [0.4, 0.5) is 4.39 Å². The summed E-state index contributed by atoms with van der Waals surface area (Å²) in [6, 6.07) is 9.67. The molecule has 1 amide bonds. The number of para-hydroxylation sites is 1. The van der Waals surface area contributed by atoms with Crippen LogP contribution in [0.25, 0.3) is 0 Å². The van der Waals surface area contributed by atoms with Crippen LogP contribution < -0.4 is 10.1 Å². The molecule has 0 spiro atoms. The molecule has 0 bridgehead atoms. The fourth-order valence-electron chi connectivity index (χ4n) is 3.17. The zero-order valence-electron chi connectivity index (χ0n) is 15.0. The number of aromatic nitrogens is 1. The fourth-order valence-corrected chi connectivity index (χ4v) is 3.17. The van der Waals surface area contributed by atoms with Crippen LogP contribution >= 0.6 is 0 Å². The van der Waals surface area contributed by atoms with Gasteiger partial charge in [-0.1, -0.05) is 31.0 Å². The lowest BCUT2D eigenvalue weighted by Crippen LogP contribution is -2.44. The second kappa shape index (κ2) is 8.76. The van der Waals surface area contributed by atoms with E-state index < -0.39 is 5.82 Å². The number of likely N-dealkylation sites (tertiary alicyclic amines) is 1. The molecule has 26 heavy (non-hydrogen) atoms. The molecule has 3 rings (SSSR count). The number of benzene rings is 1. The van der Waals surface area contributed by atoms with Crippen LogP contribution in [-0.4, -0.2) is 35.4 Å². The molecule has 2 heterocycles. The second-order valence-corrected chi connectivity index (χ2v) is 6.56. The van der Waals surface area contributed by atoms with E-state index in [0.29, 0.717) is 18.0 Å². The summed E-state index contributed by atoms with van der Waals surface area (Å²) in [5, 5.41) is 2.97. The van der Waals surface area contributed by atoms with Gasteiger partial charge in [0.25, 0.3) is 0 Å². The molecule has 0 saturated carbocycles. The Bertz CT molecular complexity index is 753. The van der Waals surface area contributed by atoms with Crippen molar-refractivity contribution in [1.82, 2.24) is 15.2 Å². The lowest BCUT2D eigenvalue weighted by atomic mass is 10.1. The summed E-state index contributed by atoms with van der Waals surface area (Å²) >= 11 is 0. The largest absolute Gasteiger partial charge is 0.436 e. The molecular weight excluding hydrogens is 333 g/mol. The van der Waals surface area contributed by atoms with Crippen LogP contribution in [0.3, 0.4) is 0 Å². The number of carbonyl (C=O) groups excluding carboxylic acids is 1. The van der Waals surface area contributed by atoms with Crippen molar-refractivity contribution in [2.75, 3.05) is 13.6 Å². The predicted molar refractivity (Wildman–Crippen MR) is 97.4 cm³/mol. The van der Waals surface area contributed by atoms with Gasteiger partial charge < -0.3 is 10.1 Å². The second-order valence-electron chi connectivity index (χ2n) is 6.56. The maximum absolute atomic E-state index is 13.8. The van der Waals surface area contributed by atoms with Gasteiger partial charge in [0, 0.05) is 18.3 Å². The number of rotatable bonds is 5. The van der Waals surface area contributed by atoms with Crippen LogP contribution in [0.5, 0.6) is 11.6 Å². The number of nitrogens with zero attached hydrogens (tertiary/aromatic N) is 2. The number of pyridine rings is 1. The van der Waals surface area contributed by atoms with Crippen molar-refractivity contribution in [2.45, 2.75) is 38.3 Å². The highest BCUT2D eigenvalue weighted by Crippen LogP contribution is 2.25. The molecular formula is C20H24FN3O2. The van der Waals surface area contributed by atoms with Crippen molar-refractivity contribution >= 4 is 5.91 Å². The lowest BCUT2D eigenvalue weighted by molar-refractivity contribution is -0.126.